The van der Waals surface area contributed by atoms with E-state index >= 15 is 0 Å². The Morgan fingerprint density at radius 1 is 1.35 bits per heavy atom. The van der Waals surface area contributed by atoms with E-state index in [1.807, 2.05) is 0 Å². The van der Waals surface area contributed by atoms with Crippen LogP contribution in [0.3, 0.4) is 0 Å². The number of carbonyl (C=O) groups is 1. The summed E-state index contributed by atoms with van der Waals surface area (Å²) in [4.78, 5) is 11.2. The number of nitrogens with two attached hydrogens (primary N) is 1. The Morgan fingerprint density at radius 3 is 2.60 bits per heavy atom. The number of unbranched alkanes of at least 4 members (excludes halogenated alkanes) is 1. The maximum Gasteiger partial charge on any atom is 0.320 e. The van der Waals surface area contributed by atoms with Crippen LogP contribution in [0.2, 0.25) is 0 Å². The molecule has 0 aliphatic rings. The average Bonchev–Trinajstić information content (AvgIpc) is 2.37. The molecule has 0 spiro atoms. The highest BCUT2D eigenvalue weighted by atomic mass is 16.4. The summed E-state index contributed by atoms with van der Waals surface area (Å²) in [6, 6.07) is 3.23. The molecule has 0 saturated heterocycles. The minimum Gasteiger partial charge on any atom is -0.508 e. The normalized spacial score (nSPS) is 13.9. The van der Waals surface area contributed by atoms with Crippen molar-refractivity contribution >= 4 is 5.97 Å². The lowest BCUT2D eigenvalue weighted by molar-refractivity contribution is -0.139. The van der Waals surface area contributed by atoms with Crippen LogP contribution in [0, 0.1) is 0 Å². The summed E-state index contributed by atoms with van der Waals surface area (Å²) >= 11 is 0. The number of hydrogen-bond donors (Lipinski definition) is 5. The van der Waals surface area contributed by atoms with Crippen molar-refractivity contribution in [1.29, 1.82) is 0 Å². The number of rotatable bonds is 8. The van der Waals surface area contributed by atoms with E-state index in [0.717, 1.165) is 12.8 Å². The molecule has 2 unspecified atom stereocenters. The van der Waals surface area contributed by atoms with Crippen LogP contribution in [-0.2, 0) is 4.79 Å². The smallest absolute Gasteiger partial charge is 0.320 e. The molecule has 1 aromatic rings. The molecule has 0 radical (unpaired) electrons. The zero-order valence-corrected chi connectivity index (χ0v) is 11.5. The third-order valence-electron chi connectivity index (χ3n) is 3.18. The van der Waals surface area contributed by atoms with Crippen molar-refractivity contribution in [3.63, 3.8) is 0 Å². The lowest BCUT2D eigenvalue weighted by Crippen LogP contribution is -2.38. The lowest BCUT2D eigenvalue weighted by atomic mass is 10.0. The number of carboxylic acids is 1. The van der Waals surface area contributed by atoms with E-state index < -0.39 is 12.0 Å². The Morgan fingerprint density at radius 2 is 2.05 bits per heavy atom. The van der Waals surface area contributed by atoms with Crippen LogP contribution in [0.15, 0.2) is 18.2 Å². The number of benzene rings is 1. The Kier molecular flexibility index (Phi) is 6.27. The quantitative estimate of drug-likeness (QED) is 0.459. The number of hydrogen-bond acceptors (Lipinski definition) is 5. The van der Waals surface area contributed by atoms with Crippen LogP contribution in [0.25, 0.3) is 0 Å². The second-order valence-electron chi connectivity index (χ2n) is 4.81. The fraction of sp³-hybridized carbons (Fsp3) is 0.500. The predicted octanol–water partition coefficient (Wildman–Crippen LogP) is 1.33. The molecule has 0 fully saturated rings. The lowest BCUT2D eigenvalue weighted by Gasteiger charge is -2.21. The van der Waals surface area contributed by atoms with Crippen molar-refractivity contribution in [2.24, 2.45) is 5.73 Å². The fourth-order valence-corrected chi connectivity index (χ4v) is 2.06. The molecular formula is C14H22N2O4. The largest absolute Gasteiger partial charge is 0.508 e. The Hall–Kier alpha value is -1.79. The SMILES string of the molecule is CC(NC(CCCCN)C(=O)O)c1ccc(O)cc1O. The highest BCUT2D eigenvalue weighted by molar-refractivity contribution is 5.73. The number of carboxylic acid groups (broad SMARTS) is 1. The predicted molar refractivity (Wildman–Crippen MR) is 75.7 cm³/mol. The first-order valence-corrected chi connectivity index (χ1v) is 6.66. The second-order valence-corrected chi connectivity index (χ2v) is 4.81. The molecule has 6 heteroatoms. The van der Waals surface area contributed by atoms with E-state index in [1.165, 1.54) is 12.1 Å². The molecule has 2 atom stereocenters. The second kappa shape index (κ2) is 7.72. The number of phenolic OH excluding ortho intramolecular Hbond substituents is 2. The molecule has 1 aromatic carbocycles. The summed E-state index contributed by atoms with van der Waals surface area (Å²) in [6.07, 6.45) is 1.99. The fourth-order valence-electron chi connectivity index (χ4n) is 2.06. The first-order chi connectivity index (χ1) is 9.45. The van der Waals surface area contributed by atoms with Gasteiger partial charge in [-0.1, -0.05) is 12.5 Å². The van der Waals surface area contributed by atoms with E-state index in [2.05, 4.69) is 5.32 Å². The molecule has 6 nitrogen and oxygen atoms in total. The van der Waals surface area contributed by atoms with Gasteiger partial charge in [0, 0.05) is 17.7 Å². The highest BCUT2D eigenvalue weighted by Gasteiger charge is 2.21. The highest BCUT2D eigenvalue weighted by Crippen LogP contribution is 2.28. The Labute approximate surface area is 118 Å². The third kappa shape index (κ3) is 4.71. The average molecular weight is 282 g/mol. The first-order valence-electron chi connectivity index (χ1n) is 6.66. The number of nitrogens with one attached hydrogen (secondary N) is 1. The summed E-state index contributed by atoms with van der Waals surface area (Å²) in [7, 11) is 0. The minimum absolute atomic E-state index is 0.0313. The van der Waals surface area contributed by atoms with Gasteiger partial charge < -0.3 is 21.1 Å². The van der Waals surface area contributed by atoms with Gasteiger partial charge in [0.05, 0.1) is 0 Å². The van der Waals surface area contributed by atoms with E-state index in [0.29, 0.717) is 18.5 Å². The summed E-state index contributed by atoms with van der Waals surface area (Å²) in [5.41, 5.74) is 5.94. The molecule has 0 bridgehead atoms. The molecule has 20 heavy (non-hydrogen) atoms. The maximum absolute atomic E-state index is 11.2. The van der Waals surface area contributed by atoms with Crippen molar-refractivity contribution < 1.29 is 20.1 Å². The van der Waals surface area contributed by atoms with Crippen molar-refractivity contribution in [2.75, 3.05) is 6.54 Å². The Bertz CT molecular complexity index is 451. The molecule has 0 aliphatic carbocycles. The van der Waals surface area contributed by atoms with E-state index in [1.54, 1.807) is 13.0 Å². The van der Waals surface area contributed by atoms with Crippen LogP contribution in [0.4, 0.5) is 0 Å². The molecule has 6 N–H and O–H groups in total. The monoisotopic (exact) mass is 282 g/mol. The van der Waals surface area contributed by atoms with Crippen LogP contribution >= 0.6 is 0 Å². The zero-order chi connectivity index (χ0) is 15.1. The summed E-state index contributed by atoms with van der Waals surface area (Å²) in [5.74, 6) is -1.01. The van der Waals surface area contributed by atoms with E-state index in [9.17, 15) is 20.1 Å². The molecule has 0 amide bonds. The van der Waals surface area contributed by atoms with Gasteiger partial charge >= 0.3 is 5.97 Å². The molecule has 0 aromatic heterocycles. The van der Waals surface area contributed by atoms with Crippen LogP contribution < -0.4 is 11.1 Å². The standard InChI is InChI=1S/C14H22N2O4/c1-9(11-6-5-10(17)8-13(11)18)16-12(14(19)20)4-2-3-7-15/h5-6,8-9,12,16-18H,2-4,7,15H2,1H3,(H,19,20). The summed E-state index contributed by atoms with van der Waals surface area (Å²) in [5, 5.41) is 31.2. The van der Waals surface area contributed by atoms with Gasteiger partial charge in [0.15, 0.2) is 0 Å². The van der Waals surface area contributed by atoms with Gasteiger partial charge in [-0.3, -0.25) is 10.1 Å². The zero-order valence-electron chi connectivity index (χ0n) is 11.5. The van der Waals surface area contributed by atoms with Gasteiger partial charge in [-0.25, -0.2) is 0 Å². The summed E-state index contributed by atoms with van der Waals surface area (Å²) in [6.45, 7) is 2.31. The van der Waals surface area contributed by atoms with Gasteiger partial charge in [-0.15, -0.1) is 0 Å². The first kappa shape index (κ1) is 16.3. The molecule has 0 heterocycles. The van der Waals surface area contributed by atoms with Gasteiger partial charge in [0.1, 0.15) is 17.5 Å². The van der Waals surface area contributed by atoms with Crippen LogP contribution in [0.1, 0.15) is 37.8 Å². The van der Waals surface area contributed by atoms with Crippen LogP contribution in [-0.4, -0.2) is 33.9 Å². The van der Waals surface area contributed by atoms with Crippen molar-refractivity contribution in [3.05, 3.63) is 23.8 Å². The minimum atomic E-state index is -0.924. The molecule has 0 aliphatic heterocycles. The number of phenols is 2. The number of aliphatic carboxylic acids is 1. The third-order valence-corrected chi connectivity index (χ3v) is 3.18. The topological polar surface area (TPSA) is 116 Å². The maximum atomic E-state index is 11.2. The van der Waals surface area contributed by atoms with Crippen molar-refractivity contribution in [3.8, 4) is 11.5 Å². The number of aromatic hydroxyl groups is 2. The van der Waals surface area contributed by atoms with Gasteiger partial charge in [0.25, 0.3) is 0 Å². The molecular weight excluding hydrogens is 260 g/mol. The molecule has 1 rings (SSSR count). The van der Waals surface area contributed by atoms with E-state index in [4.69, 9.17) is 5.73 Å². The van der Waals surface area contributed by atoms with Gasteiger partial charge in [0.2, 0.25) is 0 Å². The van der Waals surface area contributed by atoms with Crippen molar-refractivity contribution in [2.45, 2.75) is 38.3 Å². The van der Waals surface area contributed by atoms with E-state index in [-0.39, 0.29) is 17.5 Å². The van der Waals surface area contributed by atoms with Crippen molar-refractivity contribution in [1.82, 2.24) is 5.32 Å². The van der Waals surface area contributed by atoms with Gasteiger partial charge in [-0.2, -0.15) is 0 Å². The molecule has 0 saturated carbocycles. The summed E-state index contributed by atoms with van der Waals surface area (Å²) < 4.78 is 0. The van der Waals surface area contributed by atoms with Gasteiger partial charge in [-0.05, 0) is 32.4 Å². The Balaban J connectivity index is 2.69. The van der Waals surface area contributed by atoms with Crippen LogP contribution in [0.5, 0.6) is 11.5 Å². The molecule has 112 valence electrons.